The third kappa shape index (κ3) is 11.2. The van der Waals surface area contributed by atoms with Crippen molar-refractivity contribution in [2.24, 2.45) is 11.3 Å². The summed E-state index contributed by atoms with van der Waals surface area (Å²) in [6.45, 7) is 10.9. The van der Waals surface area contributed by atoms with Gasteiger partial charge in [0.25, 0.3) is 0 Å². The summed E-state index contributed by atoms with van der Waals surface area (Å²) in [4.78, 5) is 38.4. The van der Waals surface area contributed by atoms with Crippen LogP contribution in [-0.4, -0.2) is 103 Å². The Kier molecular flexibility index (Phi) is 13.8. The number of ether oxygens (including phenoxy) is 2. The second kappa shape index (κ2) is 15.5. The molecule has 0 aromatic carbocycles. The predicted molar refractivity (Wildman–Crippen MR) is 132 cm³/mol. The monoisotopic (exact) mass is 608 g/mol. The molecule has 3 heterocycles. The Morgan fingerprint density at radius 1 is 1.05 bits per heavy atom. The molecule has 16 heteroatoms. The molecule has 0 bridgehead atoms. The smallest absolute Gasteiger partial charge is 0.475 e. The molecule has 230 valence electrons. The molecule has 2 saturated heterocycles. The van der Waals surface area contributed by atoms with Gasteiger partial charge in [-0.1, -0.05) is 0 Å². The molecule has 0 aliphatic carbocycles. The lowest BCUT2D eigenvalue weighted by atomic mass is 9.75. The van der Waals surface area contributed by atoms with Crippen LogP contribution < -0.4 is 0 Å². The number of fused-ring (bicyclic) bond motifs is 1. The zero-order chi connectivity index (χ0) is 30.7. The number of carbonyl (C=O) groups is 3. The van der Waals surface area contributed by atoms with Gasteiger partial charge in [0, 0.05) is 55.5 Å². The first-order valence-corrected chi connectivity index (χ1v) is 13.0. The summed E-state index contributed by atoms with van der Waals surface area (Å²) in [6.07, 6.45) is -8.18. The number of alkyl halides is 6. The van der Waals surface area contributed by atoms with E-state index in [1.165, 1.54) is 9.75 Å². The van der Waals surface area contributed by atoms with Gasteiger partial charge in [-0.3, -0.25) is 14.6 Å². The number of aryl methyl sites for hydroxylation is 1. The second-order valence-electron chi connectivity index (χ2n) is 9.26. The lowest BCUT2D eigenvalue weighted by Gasteiger charge is -2.31. The Morgan fingerprint density at radius 3 is 2.05 bits per heavy atom. The van der Waals surface area contributed by atoms with E-state index in [0.717, 1.165) is 52.1 Å². The lowest BCUT2D eigenvalue weighted by molar-refractivity contribution is -0.193. The van der Waals surface area contributed by atoms with E-state index in [1.807, 2.05) is 18.3 Å². The van der Waals surface area contributed by atoms with Gasteiger partial charge in [0.1, 0.15) is 0 Å². The van der Waals surface area contributed by atoms with E-state index in [2.05, 4.69) is 28.9 Å². The molecule has 1 aromatic rings. The van der Waals surface area contributed by atoms with Crippen LogP contribution in [0.25, 0.3) is 0 Å². The number of hydrogen-bond donors (Lipinski definition) is 2. The molecule has 1 aromatic heterocycles. The standard InChI is InChI=1S/C20H32N2O3S.2C2HF3O2/c1-4-25-19(23)20-8-5-9-21(14-18-7-6-16(2)26-18)12-17(20)13-22(15-20)10-11-24-3;2*3-2(4,5)1(6)7/h6-7,17H,4-5,8-15H2,1-3H3;2*(H,6,7)/t17-,20-;;/m0../s1. The van der Waals surface area contributed by atoms with Crippen LogP contribution in [0.5, 0.6) is 0 Å². The number of carboxylic acid groups (broad SMARTS) is 2. The van der Waals surface area contributed by atoms with Crippen molar-refractivity contribution in [3.63, 3.8) is 0 Å². The van der Waals surface area contributed by atoms with Crippen molar-refractivity contribution >= 4 is 29.2 Å². The number of likely N-dealkylation sites (tertiary alicyclic amines) is 2. The maximum absolute atomic E-state index is 12.9. The summed E-state index contributed by atoms with van der Waals surface area (Å²) in [5.74, 6) is -5.17. The molecule has 2 atom stereocenters. The molecule has 2 N–H and O–H groups in total. The second-order valence-corrected chi connectivity index (χ2v) is 10.6. The van der Waals surface area contributed by atoms with Crippen molar-refractivity contribution < 1.29 is 60.4 Å². The molecule has 2 aliphatic heterocycles. The van der Waals surface area contributed by atoms with Gasteiger partial charge < -0.3 is 19.7 Å². The van der Waals surface area contributed by atoms with Gasteiger partial charge in [0.05, 0.1) is 18.6 Å². The molecule has 3 rings (SSSR count). The summed E-state index contributed by atoms with van der Waals surface area (Å²) < 4.78 is 74.3. The zero-order valence-corrected chi connectivity index (χ0v) is 23.1. The number of hydrogen-bond acceptors (Lipinski definition) is 8. The highest BCUT2D eigenvalue weighted by atomic mass is 32.1. The first-order valence-electron chi connectivity index (χ1n) is 12.2. The minimum absolute atomic E-state index is 0.0127. The minimum Gasteiger partial charge on any atom is -0.475 e. The van der Waals surface area contributed by atoms with Gasteiger partial charge in [-0.2, -0.15) is 26.3 Å². The van der Waals surface area contributed by atoms with Crippen LogP contribution in [0.3, 0.4) is 0 Å². The van der Waals surface area contributed by atoms with Crippen LogP contribution >= 0.6 is 11.3 Å². The molecule has 0 radical (unpaired) electrons. The third-order valence-corrected chi connectivity index (χ3v) is 7.28. The number of halogens is 6. The van der Waals surface area contributed by atoms with Crippen molar-refractivity contribution in [1.29, 1.82) is 0 Å². The van der Waals surface area contributed by atoms with Crippen molar-refractivity contribution in [2.45, 2.75) is 45.6 Å². The van der Waals surface area contributed by atoms with Crippen molar-refractivity contribution in [3.8, 4) is 0 Å². The number of aliphatic carboxylic acids is 2. The number of methoxy groups -OCH3 is 1. The maximum Gasteiger partial charge on any atom is 0.490 e. The van der Waals surface area contributed by atoms with Gasteiger partial charge in [-0.25, -0.2) is 9.59 Å². The number of rotatable bonds is 7. The van der Waals surface area contributed by atoms with E-state index in [4.69, 9.17) is 29.3 Å². The lowest BCUT2D eigenvalue weighted by Crippen LogP contribution is -2.42. The molecule has 0 spiro atoms. The number of carbonyl (C=O) groups excluding carboxylic acids is 1. The average molecular weight is 609 g/mol. The van der Waals surface area contributed by atoms with E-state index >= 15 is 0 Å². The number of carboxylic acids is 2. The number of thiophene rings is 1. The van der Waals surface area contributed by atoms with Crippen molar-refractivity contribution in [1.82, 2.24) is 9.80 Å². The largest absolute Gasteiger partial charge is 0.490 e. The molecular weight excluding hydrogens is 574 g/mol. The fourth-order valence-electron chi connectivity index (χ4n) is 4.55. The normalized spacial score (nSPS) is 21.7. The first-order chi connectivity index (χ1) is 18.5. The van der Waals surface area contributed by atoms with E-state index in [9.17, 15) is 31.1 Å². The molecule has 2 aliphatic rings. The number of esters is 1. The topological polar surface area (TPSA) is 117 Å². The molecular formula is C24H34F6N2O7S. The van der Waals surface area contributed by atoms with E-state index in [1.54, 1.807) is 7.11 Å². The van der Waals surface area contributed by atoms with Gasteiger partial charge in [0.15, 0.2) is 0 Å². The SMILES string of the molecule is CCOC(=O)[C@]12CCCN(Cc3ccc(C)s3)C[C@H]1CN(CCOC)C2.O=C(O)C(F)(F)F.O=C(O)C(F)(F)F. The van der Waals surface area contributed by atoms with Gasteiger partial charge in [0.2, 0.25) is 0 Å². The minimum atomic E-state index is -5.08. The fraction of sp³-hybridized carbons (Fsp3) is 0.708. The first kappa shape index (κ1) is 35.6. The fourth-order valence-corrected chi connectivity index (χ4v) is 5.48. The highest BCUT2D eigenvalue weighted by molar-refractivity contribution is 7.11. The molecule has 9 nitrogen and oxygen atoms in total. The van der Waals surface area contributed by atoms with E-state index in [-0.39, 0.29) is 11.4 Å². The third-order valence-electron chi connectivity index (χ3n) is 6.30. The Hall–Kier alpha value is -2.43. The van der Waals surface area contributed by atoms with Crippen LogP contribution in [0, 0.1) is 18.3 Å². The van der Waals surface area contributed by atoms with Gasteiger partial charge in [-0.05, 0) is 45.4 Å². The van der Waals surface area contributed by atoms with Gasteiger partial charge in [-0.15, -0.1) is 11.3 Å². The van der Waals surface area contributed by atoms with Crippen molar-refractivity contribution in [2.75, 3.05) is 53.0 Å². The highest BCUT2D eigenvalue weighted by Gasteiger charge is 2.53. The molecule has 0 unspecified atom stereocenters. The Bertz CT molecular complexity index is 948. The summed E-state index contributed by atoms with van der Waals surface area (Å²) >= 11 is 1.88. The highest BCUT2D eigenvalue weighted by Crippen LogP contribution is 2.44. The van der Waals surface area contributed by atoms with Crippen LogP contribution in [0.2, 0.25) is 0 Å². The number of nitrogens with zero attached hydrogens (tertiary/aromatic N) is 2. The Labute approximate surface area is 231 Å². The molecule has 2 fully saturated rings. The van der Waals surface area contributed by atoms with Crippen molar-refractivity contribution in [3.05, 3.63) is 21.9 Å². The van der Waals surface area contributed by atoms with Crippen LogP contribution in [0.4, 0.5) is 26.3 Å². The quantitative estimate of drug-likeness (QED) is 0.350. The van der Waals surface area contributed by atoms with Crippen LogP contribution in [-0.2, 0) is 30.4 Å². The molecule has 40 heavy (non-hydrogen) atoms. The molecule has 0 amide bonds. The predicted octanol–water partition coefficient (Wildman–Crippen LogP) is 4.05. The summed E-state index contributed by atoms with van der Waals surface area (Å²) in [5.41, 5.74) is -0.343. The Morgan fingerprint density at radius 2 is 1.60 bits per heavy atom. The average Bonchev–Trinajstić information content (AvgIpc) is 3.35. The summed E-state index contributed by atoms with van der Waals surface area (Å²) in [6, 6.07) is 4.44. The van der Waals surface area contributed by atoms with E-state index in [0.29, 0.717) is 19.1 Å². The summed E-state index contributed by atoms with van der Waals surface area (Å²) in [7, 11) is 1.74. The molecule has 0 saturated carbocycles. The van der Waals surface area contributed by atoms with E-state index < -0.39 is 24.3 Å². The van der Waals surface area contributed by atoms with Crippen LogP contribution in [0.15, 0.2) is 12.1 Å². The van der Waals surface area contributed by atoms with Crippen LogP contribution in [0.1, 0.15) is 29.5 Å². The van der Waals surface area contributed by atoms with Gasteiger partial charge >= 0.3 is 30.3 Å². The maximum atomic E-state index is 12.9. The Balaban J connectivity index is 0.000000473. The summed E-state index contributed by atoms with van der Waals surface area (Å²) in [5, 5.41) is 14.2. The zero-order valence-electron chi connectivity index (χ0n) is 22.3.